The zero-order chi connectivity index (χ0) is 10.8. The number of hydrogen-bond acceptors (Lipinski definition) is 4. The van der Waals surface area contributed by atoms with E-state index in [2.05, 4.69) is 10.1 Å². The van der Waals surface area contributed by atoms with Gasteiger partial charge in [-0.15, -0.1) is 0 Å². The molecule has 0 saturated carbocycles. The highest BCUT2D eigenvalue weighted by molar-refractivity contribution is 5.73. The van der Waals surface area contributed by atoms with Crippen molar-refractivity contribution >= 4 is 5.69 Å². The Morgan fingerprint density at radius 2 is 2.27 bits per heavy atom. The average molecular weight is 204 g/mol. The lowest BCUT2D eigenvalue weighted by atomic mass is 10.2. The van der Waals surface area contributed by atoms with Gasteiger partial charge in [-0.25, -0.2) is 0 Å². The highest BCUT2D eigenvalue weighted by Gasteiger charge is 2.13. The molecule has 2 aromatic heterocycles. The van der Waals surface area contributed by atoms with Crippen LogP contribution >= 0.6 is 0 Å². The Morgan fingerprint density at radius 3 is 2.87 bits per heavy atom. The van der Waals surface area contributed by atoms with Gasteiger partial charge >= 0.3 is 0 Å². The SMILES string of the molecule is COc1cccnc1-c1c(N)cnn1C. The summed E-state index contributed by atoms with van der Waals surface area (Å²) >= 11 is 0. The first-order valence-corrected chi connectivity index (χ1v) is 4.51. The lowest BCUT2D eigenvalue weighted by Gasteiger charge is -2.07. The van der Waals surface area contributed by atoms with Gasteiger partial charge in [-0.3, -0.25) is 9.67 Å². The molecule has 2 heterocycles. The molecule has 0 aromatic carbocycles. The molecule has 0 unspecified atom stereocenters. The first-order valence-electron chi connectivity index (χ1n) is 4.51. The van der Waals surface area contributed by atoms with Gasteiger partial charge in [0.1, 0.15) is 17.1 Å². The Bertz CT molecular complexity index is 459. The van der Waals surface area contributed by atoms with E-state index in [0.29, 0.717) is 17.1 Å². The van der Waals surface area contributed by atoms with E-state index in [1.54, 1.807) is 24.2 Å². The van der Waals surface area contributed by atoms with Crippen molar-refractivity contribution in [2.24, 2.45) is 7.05 Å². The summed E-state index contributed by atoms with van der Waals surface area (Å²) in [4.78, 5) is 4.25. The first kappa shape index (κ1) is 9.51. The number of anilines is 1. The van der Waals surface area contributed by atoms with Gasteiger partial charge < -0.3 is 10.5 Å². The van der Waals surface area contributed by atoms with Crippen molar-refractivity contribution in [2.45, 2.75) is 0 Å². The summed E-state index contributed by atoms with van der Waals surface area (Å²) in [6.45, 7) is 0. The quantitative estimate of drug-likeness (QED) is 0.794. The second kappa shape index (κ2) is 3.61. The number of methoxy groups -OCH3 is 1. The zero-order valence-electron chi connectivity index (χ0n) is 8.64. The third-order valence-corrected chi connectivity index (χ3v) is 2.18. The fourth-order valence-electron chi connectivity index (χ4n) is 1.48. The van der Waals surface area contributed by atoms with Crippen molar-refractivity contribution in [3.05, 3.63) is 24.5 Å². The van der Waals surface area contributed by atoms with Crippen LogP contribution in [0.15, 0.2) is 24.5 Å². The van der Waals surface area contributed by atoms with Crippen LogP contribution in [-0.4, -0.2) is 21.9 Å². The second-order valence-electron chi connectivity index (χ2n) is 3.13. The maximum atomic E-state index is 5.82. The topological polar surface area (TPSA) is 66.0 Å². The number of aryl methyl sites for hydroxylation is 1. The van der Waals surface area contributed by atoms with E-state index in [-0.39, 0.29) is 0 Å². The minimum atomic E-state index is 0.592. The van der Waals surface area contributed by atoms with Crippen LogP contribution in [0, 0.1) is 0 Å². The van der Waals surface area contributed by atoms with Crippen molar-refractivity contribution in [3.8, 4) is 17.1 Å². The molecular weight excluding hydrogens is 192 g/mol. The molecule has 15 heavy (non-hydrogen) atoms. The third-order valence-electron chi connectivity index (χ3n) is 2.18. The van der Waals surface area contributed by atoms with Crippen LogP contribution in [0.4, 0.5) is 5.69 Å². The van der Waals surface area contributed by atoms with E-state index < -0.39 is 0 Å². The summed E-state index contributed by atoms with van der Waals surface area (Å²) < 4.78 is 6.90. The zero-order valence-corrected chi connectivity index (χ0v) is 8.64. The van der Waals surface area contributed by atoms with Gasteiger partial charge in [-0.2, -0.15) is 5.10 Å². The largest absolute Gasteiger partial charge is 0.494 e. The molecule has 0 aliphatic rings. The summed E-state index contributed by atoms with van der Waals surface area (Å²) in [7, 11) is 3.42. The maximum Gasteiger partial charge on any atom is 0.146 e. The fraction of sp³-hybridized carbons (Fsp3) is 0.200. The molecule has 5 nitrogen and oxygen atoms in total. The van der Waals surface area contributed by atoms with Gasteiger partial charge in [-0.05, 0) is 12.1 Å². The van der Waals surface area contributed by atoms with Crippen molar-refractivity contribution < 1.29 is 4.74 Å². The third kappa shape index (κ3) is 1.52. The van der Waals surface area contributed by atoms with E-state index in [9.17, 15) is 0 Å². The fourth-order valence-corrected chi connectivity index (χ4v) is 1.48. The molecule has 2 aromatic rings. The van der Waals surface area contributed by atoms with Gasteiger partial charge in [0.2, 0.25) is 0 Å². The predicted octanol–water partition coefficient (Wildman–Crippen LogP) is 1.07. The molecule has 5 heteroatoms. The Labute approximate surface area is 87.5 Å². The second-order valence-corrected chi connectivity index (χ2v) is 3.13. The van der Waals surface area contributed by atoms with Crippen LogP contribution in [0.25, 0.3) is 11.4 Å². The molecule has 0 aliphatic carbocycles. The number of nitrogens with zero attached hydrogens (tertiary/aromatic N) is 3. The molecule has 0 spiro atoms. The van der Waals surface area contributed by atoms with Crippen molar-refractivity contribution in [1.82, 2.24) is 14.8 Å². The monoisotopic (exact) mass is 204 g/mol. The molecule has 0 saturated heterocycles. The highest BCUT2D eigenvalue weighted by atomic mass is 16.5. The minimum absolute atomic E-state index is 0.592. The summed E-state index contributed by atoms with van der Waals surface area (Å²) in [5.41, 5.74) is 7.89. The first-order chi connectivity index (χ1) is 7.24. The number of nitrogens with two attached hydrogens (primary N) is 1. The lowest BCUT2D eigenvalue weighted by Crippen LogP contribution is -1.99. The van der Waals surface area contributed by atoms with Crippen LogP contribution in [0.1, 0.15) is 0 Å². The lowest BCUT2D eigenvalue weighted by molar-refractivity contribution is 0.414. The van der Waals surface area contributed by atoms with Gasteiger partial charge in [0, 0.05) is 13.2 Å². The standard InChI is InChI=1S/C10H12N4O/c1-14-10(7(11)6-13-14)9-8(15-2)4-3-5-12-9/h3-6H,11H2,1-2H3. The van der Waals surface area contributed by atoms with E-state index in [4.69, 9.17) is 10.5 Å². The summed E-state index contributed by atoms with van der Waals surface area (Å²) in [6.07, 6.45) is 3.30. The van der Waals surface area contributed by atoms with Gasteiger partial charge in [0.25, 0.3) is 0 Å². The van der Waals surface area contributed by atoms with E-state index in [1.807, 2.05) is 19.2 Å². The average Bonchev–Trinajstić information content (AvgIpc) is 2.59. The predicted molar refractivity (Wildman–Crippen MR) is 57.4 cm³/mol. The van der Waals surface area contributed by atoms with E-state index in [0.717, 1.165) is 5.69 Å². The number of pyridine rings is 1. The molecule has 0 aliphatic heterocycles. The van der Waals surface area contributed by atoms with Crippen LogP contribution < -0.4 is 10.5 Å². The van der Waals surface area contributed by atoms with Crippen LogP contribution in [-0.2, 0) is 7.05 Å². The summed E-state index contributed by atoms with van der Waals surface area (Å²) in [6, 6.07) is 3.66. The number of ether oxygens (including phenoxy) is 1. The van der Waals surface area contributed by atoms with Crippen LogP contribution in [0.5, 0.6) is 5.75 Å². The number of nitrogen functional groups attached to an aromatic ring is 1. The summed E-state index contributed by atoms with van der Waals surface area (Å²) in [5.74, 6) is 0.688. The number of aromatic nitrogens is 3. The van der Waals surface area contributed by atoms with E-state index >= 15 is 0 Å². The molecule has 0 amide bonds. The Morgan fingerprint density at radius 1 is 1.47 bits per heavy atom. The van der Waals surface area contributed by atoms with Gasteiger partial charge in [0.15, 0.2) is 0 Å². The molecule has 78 valence electrons. The summed E-state index contributed by atoms with van der Waals surface area (Å²) in [5, 5.41) is 4.06. The van der Waals surface area contributed by atoms with Crippen LogP contribution in [0.2, 0.25) is 0 Å². The maximum absolute atomic E-state index is 5.82. The molecule has 0 radical (unpaired) electrons. The number of rotatable bonds is 2. The van der Waals surface area contributed by atoms with Crippen molar-refractivity contribution in [2.75, 3.05) is 12.8 Å². The van der Waals surface area contributed by atoms with Gasteiger partial charge in [0.05, 0.1) is 19.0 Å². The van der Waals surface area contributed by atoms with Crippen LogP contribution in [0.3, 0.4) is 0 Å². The molecule has 0 bridgehead atoms. The highest BCUT2D eigenvalue weighted by Crippen LogP contribution is 2.30. The smallest absolute Gasteiger partial charge is 0.146 e. The van der Waals surface area contributed by atoms with Gasteiger partial charge in [-0.1, -0.05) is 0 Å². The Hall–Kier alpha value is -2.04. The van der Waals surface area contributed by atoms with E-state index in [1.165, 1.54) is 0 Å². The molecule has 0 fully saturated rings. The normalized spacial score (nSPS) is 10.3. The Kier molecular flexibility index (Phi) is 2.29. The molecular formula is C10H12N4O. The van der Waals surface area contributed by atoms with Crippen molar-refractivity contribution in [3.63, 3.8) is 0 Å². The van der Waals surface area contributed by atoms with Crippen molar-refractivity contribution in [1.29, 1.82) is 0 Å². The number of hydrogen-bond donors (Lipinski definition) is 1. The molecule has 2 rings (SSSR count). The minimum Gasteiger partial charge on any atom is -0.494 e. The molecule has 0 atom stereocenters. The Balaban J connectivity index is 2.63. The molecule has 2 N–H and O–H groups in total.